The van der Waals surface area contributed by atoms with Gasteiger partial charge >= 0.3 is 12.0 Å². The number of carbonyl (C=O) groups is 3. The van der Waals surface area contributed by atoms with Crippen LogP contribution >= 0.6 is 0 Å². The van der Waals surface area contributed by atoms with Crippen molar-refractivity contribution in [1.29, 1.82) is 0 Å². The van der Waals surface area contributed by atoms with E-state index in [4.69, 9.17) is 10.8 Å². The highest BCUT2D eigenvalue weighted by Crippen LogP contribution is 2.22. The van der Waals surface area contributed by atoms with Crippen LogP contribution in [0.2, 0.25) is 0 Å². The molecule has 0 saturated carbocycles. The van der Waals surface area contributed by atoms with Crippen LogP contribution in [-0.4, -0.2) is 41.0 Å². The lowest BCUT2D eigenvalue weighted by Gasteiger charge is -2.38. The number of aliphatic carboxylic acids is 1. The first-order valence-electron chi connectivity index (χ1n) is 6.11. The topological polar surface area (TPSA) is 113 Å². The Morgan fingerprint density at radius 1 is 1.25 bits per heavy atom. The molecule has 1 aromatic rings. The third kappa shape index (κ3) is 2.87. The number of primary amides is 1. The second-order valence-corrected chi connectivity index (χ2v) is 4.63. The minimum Gasteiger partial charge on any atom is -0.481 e. The minimum absolute atomic E-state index is 0.151. The number of hydrogen-bond donors (Lipinski definition) is 3. The molecule has 1 heterocycles. The molecule has 0 aliphatic carbocycles. The third-order valence-corrected chi connectivity index (χ3v) is 3.21. The van der Waals surface area contributed by atoms with Gasteiger partial charge in [0.15, 0.2) is 0 Å². The van der Waals surface area contributed by atoms with Crippen molar-refractivity contribution in [1.82, 2.24) is 10.2 Å². The Bertz CT molecular complexity index is 526. The van der Waals surface area contributed by atoms with Gasteiger partial charge in [-0.25, -0.2) is 4.79 Å². The molecule has 7 nitrogen and oxygen atoms in total. The van der Waals surface area contributed by atoms with E-state index in [0.29, 0.717) is 5.56 Å². The predicted molar refractivity (Wildman–Crippen MR) is 69.6 cm³/mol. The number of carboxylic acids is 1. The number of nitrogens with zero attached hydrogens (tertiary/aromatic N) is 1. The molecule has 0 radical (unpaired) electrons. The fourth-order valence-corrected chi connectivity index (χ4v) is 2.07. The smallest absolute Gasteiger partial charge is 0.313 e. The number of rotatable bonds is 4. The molecular weight excluding hydrogens is 262 g/mol. The normalized spacial score (nSPS) is 16.1. The Morgan fingerprint density at radius 3 is 2.35 bits per heavy atom. The first-order valence-corrected chi connectivity index (χ1v) is 6.11. The summed E-state index contributed by atoms with van der Waals surface area (Å²) in [4.78, 5) is 35.5. The lowest BCUT2D eigenvalue weighted by atomic mass is 9.97. The summed E-state index contributed by atoms with van der Waals surface area (Å²) in [5, 5.41) is 11.2. The molecule has 0 spiro atoms. The Morgan fingerprint density at radius 2 is 1.85 bits per heavy atom. The van der Waals surface area contributed by atoms with E-state index in [1.165, 1.54) is 4.90 Å². The van der Waals surface area contributed by atoms with E-state index < -0.39 is 24.0 Å². The second-order valence-electron chi connectivity index (χ2n) is 4.63. The van der Waals surface area contributed by atoms with Crippen LogP contribution in [0.15, 0.2) is 30.3 Å². The van der Waals surface area contributed by atoms with Crippen molar-refractivity contribution < 1.29 is 19.5 Å². The Labute approximate surface area is 115 Å². The van der Waals surface area contributed by atoms with Gasteiger partial charge in [-0.3, -0.25) is 9.59 Å². The summed E-state index contributed by atoms with van der Waals surface area (Å²) in [6.07, 6.45) is 0. The van der Waals surface area contributed by atoms with Gasteiger partial charge in [0.05, 0.1) is 5.92 Å². The highest BCUT2D eigenvalue weighted by molar-refractivity contribution is 5.89. The zero-order valence-corrected chi connectivity index (χ0v) is 10.7. The predicted octanol–water partition coefficient (Wildman–Crippen LogP) is -0.0610. The van der Waals surface area contributed by atoms with Crippen molar-refractivity contribution in [3.63, 3.8) is 0 Å². The van der Waals surface area contributed by atoms with Gasteiger partial charge in [0, 0.05) is 13.1 Å². The summed E-state index contributed by atoms with van der Waals surface area (Å²) < 4.78 is 0. The van der Waals surface area contributed by atoms with Crippen LogP contribution in [-0.2, 0) is 9.59 Å². The van der Waals surface area contributed by atoms with Gasteiger partial charge in [0.1, 0.15) is 6.04 Å². The second kappa shape index (κ2) is 5.60. The summed E-state index contributed by atoms with van der Waals surface area (Å²) in [6, 6.07) is 6.99. The molecule has 4 N–H and O–H groups in total. The van der Waals surface area contributed by atoms with E-state index in [-0.39, 0.29) is 19.0 Å². The quantitative estimate of drug-likeness (QED) is 0.715. The zero-order valence-electron chi connectivity index (χ0n) is 10.7. The monoisotopic (exact) mass is 277 g/mol. The maximum absolute atomic E-state index is 12.3. The molecular formula is C13H15N3O4. The number of carboxylic acid groups (broad SMARTS) is 1. The Kier molecular flexibility index (Phi) is 3.88. The fraction of sp³-hybridized carbons (Fsp3) is 0.308. The first-order chi connectivity index (χ1) is 9.49. The van der Waals surface area contributed by atoms with Gasteiger partial charge in [-0.1, -0.05) is 30.3 Å². The van der Waals surface area contributed by atoms with E-state index in [9.17, 15) is 14.4 Å². The van der Waals surface area contributed by atoms with Crippen molar-refractivity contribution in [2.45, 2.75) is 6.04 Å². The average molecular weight is 277 g/mol. The van der Waals surface area contributed by atoms with E-state index in [0.717, 1.165) is 0 Å². The number of hydrogen-bond acceptors (Lipinski definition) is 3. The van der Waals surface area contributed by atoms with E-state index in [1.54, 1.807) is 30.3 Å². The maximum atomic E-state index is 12.3. The van der Waals surface area contributed by atoms with Gasteiger partial charge in [-0.15, -0.1) is 0 Å². The fourth-order valence-electron chi connectivity index (χ4n) is 2.07. The van der Waals surface area contributed by atoms with Crippen molar-refractivity contribution >= 4 is 17.9 Å². The van der Waals surface area contributed by atoms with Crippen LogP contribution < -0.4 is 11.1 Å². The number of amides is 3. The molecule has 2 rings (SSSR count). The molecule has 1 aliphatic heterocycles. The van der Waals surface area contributed by atoms with Crippen molar-refractivity contribution in [2.75, 3.05) is 13.1 Å². The van der Waals surface area contributed by atoms with E-state index in [1.807, 2.05) is 0 Å². The molecule has 1 aliphatic rings. The molecule has 1 saturated heterocycles. The van der Waals surface area contributed by atoms with Gasteiger partial charge in [-0.05, 0) is 5.56 Å². The van der Waals surface area contributed by atoms with Gasteiger partial charge in [0.25, 0.3) is 0 Å². The maximum Gasteiger partial charge on any atom is 0.313 e. The SMILES string of the molecule is NC(=O)NC(C(=O)N1CC(C(=O)O)C1)c1ccccc1. The highest BCUT2D eigenvalue weighted by Gasteiger charge is 2.38. The summed E-state index contributed by atoms with van der Waals surface area (Å²) in [6.45, 7) is 0.301. The number of carbonyl (C=O) groups excluding carboxylic acids is 2. The number of nitrogens with two attached hydrogens (primary N) is 1. The van der Waals surface area contributed by atoms with Gasteiger partial charge < -0.3 is 21.1 Å². The van der Waals surface area contributed by atoms with Crippen LogP contribution in [0.4, 0.5) is 4.79 Å². The number of likely N-dealkylation sites (tertiary alicyclic amines) is 1. The van der Waals surface area contributed by atoms with E-state index in [2.05, 4.69) is 5.32 Å². The van der Waals surface area contributed by atoms with Crippen LogP contribution in [0, 0.1) is 5.92 Å². The lowest BCUT2D eigenvalue weighted by Crippen LogP contribution is -2.56. The number of nitrogens with one attached hydrogen (secondary N) is 1. The summed E-state index contributed by atoms with van der Waals surface area (Å²) in [5.74, 6) is -1.82. The molecule has 3 amide bonds. The summed E-state index contributed by atoms with van der Waals surface area (Å²) in [5.41, 5.74) is 5.70. The highest BCUT2D eigenvalue weighted by atomic mass is 16.4. The molecule has 1 fully saturated rings. The summed E-state index contributed by atoms with van der Waals surface area (Å²) in [7, 11) is 0. The molecule has 1 atom stereocenters. The van der Waals surface area contributed by atoms with Crippen molar-refractivity contribution in [3.8, 4) is 0 Å². The number of benzene rings is 1. The van der Waals surface area contributed by atoms with Crippen LogP contribution in [0.25, 0.3) is 0 Å². The summed E-state index contributed by atoms with van der Waals surface area (Å²) >= 11 is 0. The standard InChI is InChI=1S/C13H15N3O4/c14-13(20)15-10(8-4-2-1-3-5-8)11(17)16-6-9(7-16)12(18)19/h1-5,9-10H,6-7H2,(H,18,19)(H3,14,15,20). The molecule has 1 unspecified atom stereocenters. The first kappa shape index (κ1) is 13.9. The minimum atomic E-state index is -0.923. The van der Waals surface area contributed by atoms with Crippen LogP contribution in [0.3, 0.4) is 0 Å². The van der Waals surface area contributed by atoms with Gasteiger partial charge in [0.2, 0.25) is 5.91 Å². The van der Waals surface area contributed by atoms with Gasteiger partial charge in [-0.2, -0.15) is 0 Å². The zero-order chi connectivity index (χ0) is 14.7. The molecule has 20 heavy (non-hydrogen) atoms. The van der Waals surface area contributed by atoms with Crippen LogP contribution in [0.5, 0.6) is 0 Å². The molecule has 0 bridgehead atoms. The lowest BCUT2D eigenvalue weighted by molar-refractivity contribution is -0.153. The molecule has 7 heteroatoms. The average Bonchev–Trinajstić information content (AvgIpc) is 2.34. The number of urea groups is 1. The van der Waals surface area contributed by atoms with Crippen LogP contribution in [0.1, 0.15) is 11.6 Å². The van der Waals surface area contributed by atoms with Crippen molar-refractivity contribution in [2.24, 2.45) is 11.7 Å². The van der Waals surface area contributed by atoms with E-state index >= 15 is 0 Å². The van der Waals surface area contributed by atoms with Crippen molar-refractivity contribution in [3.05, 3.63) is 35.9 Å². The largest absolute Gasteiger partial charge is 0.481 e. The molecule has 1 aromatic carbocycles. The Hall–Kier alpha value is -2.57. The third-order valence-electron chi connectivity index (χ3n) is 3.21. The molecule has 0 aromatic heterocycles. The Balaban J connectivity index is 2.10. The molecule has 106 valence electrons.